The molecular weight excluding hydrogens is 433 g/mol. The third-order valence-electron chi connectivity index (χ3n) is 7.28. The number of rotatable bonds is 5. The average molecular weight is 469 g/mol. The zero-order chi connectivity index (χ0) is 24.0. The lowest BCUT2D eigenvalue weighted by molar-refractivity contribution is -0.192. The minimum absolute atomic E-state index is 0.163. The molecule has 1 amide bonds. The molecule has 0 radical (unpaired) electrons. The number of carbonyl (C=O) groups excluding carboxylic acids is 1. The first-order chi connectivity index (χ1) is 15.6. The van der Waals surface area contributed by atoms with Crippen LogP contribution in [0.2, 0.25) is 0 Å². The lowest BCUT2D eigenvalue weighted by Gasteiger charge is -2.38. The molecule has 8 heteroatoms. The number of alkyl halides is 3. The highest BCUT2D eigenvalue weighted by atomic mass is 19.4. The Bertz CT molecular complexity index is 829. The highest BCUT2D eigenvalue weighted by Crippen LogP contribution is 2.33. The number of carbonyl (C=O) groups is 2. The second-order valence-corrected chi connectivity index (χ2v) is 9.58. The molecule has 1 saturated heterocycles. The summed E-state index contributed by atoms with van der Waals surface area (Å²) in [5, 5.41) is 14.0. The van der Waals surface area contributed by atoms with Crippen molar-refractivity contribution in [1.29, 1.82) is 0 Å². The van der Waals surface area contributed by atoms with E-state index in [1.165, 1.54) is 62.5 Å². The molecular formula is C25H35F3N2O3. The van der Waals surface area contributed by atoms with Crippen LogP contribution in [0, 0.1) is 18.8 Å². The molecule has 1 aliphatic heterocycles. The van der Waals surface area contributed by atoms with E-state index in [0.29, 0.717) is 6.04 Å². The van der Waals surface area contributed by atoms with E-state index < -0.39 is 12.1 Å². The highest BCUT2D eigenvalue weighted by molar-refractivity contribution is 5.79. The zero-order valence-corrected chi connectivity index (χ0v) is 19.3. The smallest absolute Gasteiger partial charge is 0.475 e. The number of hydrogen-bond acceptors (Lipinski definition) is 3. The van der Waals surface area contributed by atoms with Crippen LogP contribution in [0.3, 0.4) is 0 Å². The minimum atomic E-state index is -5.08. The number of carboxylic acid groups (broad SMARTS) is 1. The van der Waals surface area contributed by atoms with Gasteiger partial charge in [0.15, 0.2) is 0 Å². The van der Waals surface area contributed by atoms with E-state index in [4.69, 9.17) is 9.90 Å². The summed E-state index contributed by atoms with van der Waals surface area (Å²) < 4.78 is 31.7. The van der Waals surface area contributed by atoms with Crippen LogP contribution in [0.1, 0.15) is 67.2 Å². The first-order valence-electron chi connectivity index (χ1n) is 12.1. The number of aryl methyl sites for hydroxylation is 3. The lowest BCUT2D eigenvalue weighted by atomic mass is 9.76. The van der Waals surface area contributed by atoms with Crippen molar-refractivity contribution in [3.05, 3.63) is 34.4 Å². The summed E-state index contributed by atoms with van der Waals surface area (Å²) in [5.41, 5.74) is 5.90. The second-order valence-electron chi connectivity index (χ2n) is 9.58. The summed E-state index contributed by atoms with van der Waals surface area (Å²) in [6, 6.07) is 5.46. The van der Waals surface area contributed by atoms with Gasteiger partial charge in [-0.1, -0.05) is 18.6 Å². The maximum atomic E-state index is 12.5. The minimum Gasteiger partial charge on any atom is -0.475 e. The molecule has 33 heavy (non-hydrogen) atoms. The van der Waals surface area contributed by atoms with Gasteiger partial charge in [-0.3, -0.25) is 4.79 Å². The maximum Gasteiger partial charge on any atom is 0.490 e. The van der Waals surface area contributed by atoms with Gasteiger partial charge in [-0.25, -0.2) is 4.79 Å². The summed E-state index contributed by atoms with van der Waals surface area (Å²) in [7, 11) is 0. The summed E-state index contributed by atoms with van der Waals surface area (Å²) in [6.45, 7) is 3.85. The molecule has 0 spiro atoms. The number of carboxylic acids is 1. The quantitative estimate of drug-likeness (QED) is 0.601. The van der Waals surface area contributed by atoms with Crippen LogP contribution in [0.15, 0.2) is 12.1 Å². The van der Waals surface area contributed by atoms with Crippen molar-refractivity contribution in [1.82, 2.24) is 10.6 Å². The van der Waals surface area contributed by atoms with Crippen molar-refractivity contribution in [2.75, 3.05) is 13.1 Å². The Balaban J connectivity index is 0.000000383. The number of hydrogen-bond donors (Lipinski definition) is 3. The van der Waals surface area contributed by atoms with Gasteiger partial charge in [0, 0.05) is 19.1 Å². The molecule has 2 atom stereocenters. The Morgan fingerprint density at radius 1 is 1.06 bits per heavy atom. The van der Waals surface area contributed by atoms with E-state index in [1.807, 2.05) is 0 Å². The van der Waals surface area contributed by atoms with Crippen LogP contribution in [0.5, 0.6) is 0 Å². The molecule has 2 fully saturated rings. The Morgan fingerprint density at radius 2 is 1.70 bits per heavy atom. The van der Waals surface area contributed by atoms with Crippen LogP contribution in [0.25, 0.3) is 0 Å². The standard InChI is InChI=1S/C23H34N2O.C2HF3O2/c1-16-13-19-5-2-3-6-20(19)14-18(16)11-12-24-23(26)21-9-10-22(25-15-21)17-7-4-8-17;3-2(4,5)1(6)7/h13-14,17,21-22,25H,2-12,15H2,1H3,(H,24,26);(H,6,7). The van der Waals surface area contributed by atoms with E-state index in [-0.39, 0.29) is 11.8 Å². The largest absolute Gasteiger partial charge is 0.490 e. The number of amides is 1. The van der Waals surface area contributed by atoms with E-state index >= 15 is 0 Å². The molecule has 1 heterocycles. The number of benzene rings is 1. The van der Waals surface area contributed by atoms with Crippen LogP contribution < -0.4 is 10.6 Å². The van der Waals surface area contributed by atoms with Gasteiger partial charge in [0.05, 0.1) is 5.92 Å². The number of aliphatic carboxylic acids is 1. The molecule has 3 N–H and O–H groups in total. The molecule has 1 aromatic carbocycles. The molecule has 184 valence electrons. The van der Waals surface area contributed by atoms with Gasteiger partial charge in [0.1, 0.15) is 0 Å². The number of nitrogens with one attached hydrogen (secondary N) is 2. The van der Waals surface area contributed by atoms with Crippen molar-refractivity contribution in [2.24, 2.45) is 11.8 Å². The molecule has 0 aromatic heterocycles. The molecule has 5 nitrogen and oxygen atoms in total. The third kappa shape index (κ3) is 7.19. The average Bonchev–Trinajstić information content (AvgIpc) is 2.73. The van der Waals surface area contributed by atoms with Crippen molar-refractivity contribution < 1.29 is 27.9 Å². The predicted octanol–water partition coefficient (Wildman–Crippen LogP) is 4.33. The molecule has 2 aliphatic carbocycles. The van der Waals surface area contributed by atoms with Gasteiger partial charge in [0.2, 0.25) is 5.91 Å². The van der Waals surface area contributed by atoms with Crippen LogP contribution in [-0.4, -0.2) is 42.3 Å². The van der Waals surface area contributed by atoms with Crippen LogP contribution in [0.4, 0.5) is 13.2 Å². The van der Waals surface area contributed by atoms with Crippen molar-refractivity contribution in [3.8, 4) is 0 Å². The maximum absolute atomic E-state index is 12.5. The molecule has 4 rings (SSSR count). The summed E-state index contributed by atoms with van der Waals surface area (Å²) >= 11 is 0. The Morgan fingerprint density at radius 3 is 2.21 bits per heavy atom. The monoisotopic (exact) mass is 468 g/mol. The topological polar surface area (TPSA) is 78.4 Å². The van der Waals surface area contributed by atoms with Gasteiger partial charge in [-0.05, 0) is 92.9 Å². The molecule has 1 aromatic rings. The van der Waals surface area contributed by atoms with Gasteiger partial charge < -0.3 is 15.7 Å². The number of piperidine rings is 1. The summed E-state index contributed by atoms with van der Waals surface area (Å²) in [6.07, 6.45) is 7.38. The van der Waals surface area contributed by atoms with Crippen LogP contribution in [-0.2, 0) is 28.9 Å². The fraction of sp³-hybridized carbons (Fsp3) is 0.680. The number of fused-ring (bicyclic) bond motifs is 1. The Labute approximate surface area is 193 Å². The highest BCUT2D eigenvalue weighted by Gasteiger charge is 2.38. The fourth-order valence-electron chi connectivity index (χ4n) is 5.04. The Hall–Kier alpha value is -2.09. The summed E-state index contributed by atoms with van der Waals surface area (Å²) in [4.78, 5) is 21.4. The van der Waals surface area contributed by atoms with E-state index in [1.54, 1.807) is 11.1 Å². The summed E-state index contributed by atoms with van der Waals surface area (Å²) in [5.74, 6) is -1.46. The van der Waals surface area contributed by atoms with Crippen LogP contribution >= 0.6 is 0 Å². The normalized spacial score (nSPS) is 22.9. The Kier molecular flexibility index (Phi) is 8.79. The molecule has 0 bridgehead atoms. The molecule has 3 aliphatic rings. The molecule has 2 unspecified atom stereocenters. The van der Waals surface area contributed by atoms with Gasteiger partial charge in [-0.2, -0.15) is 13.2 Å². The van der Waals surface area contributed by atoms with Gasteiger partial charge in [-0.15, -0.1) is 0 Å². The van der Waals surface area contributed by atoms with E-state index in [9.17, 15) is 18.0 Å². The van der Waals surface area contributed by atoms with Gasteiger partial charge in [0.25, 0.3) is 0 Å². The van der Waals surface area contributed by atoms with Crippen molar-refractivity contribution in [3.63, 3.8) is 0 Å². The third-order valence-corrected chi connectivity index (χ3v) is 7.28. The van der Waals surface area contributed by atoms with Crippen molar-refractivity contribution >= 4 is 11.9 Å². The first-order valence-corrected chi connectivity index (χ1v) is 12.1. The van der Waals surface area contributed by atoms with Gasteiger partial charge >= 0.3 is 12.1 Å². The SMILES string of the molecule is Cc1cc2c(cc1CCNC(=O)C1CCC(C3CCC3)NC1)CCCC2.O=C(O)C(F)(F)F. The predicted molar refractivity (Wildman–Crippen MR) is 120 cm³/mol. The van der Waals surface area contributed by atoms with E-state index in [0.717, 1.165) is 31.8 Å². The first kappa shape index (κ1) is 25.5. The van der Waals surface area contributed by atoms with E-state index in [2.05, 4.69) is 29.7 Å². The fourth-order valence-corrected chi connectivity index (χ4v) is 5.04. The molecule has 1 saturated carbocycles. The lowest BCUT2D eigenvalue weighted by Crippen LogP contribution is -2.49. The number of halogens is 3. The van der Waals surface area contributed by atoms with Crippen molar-refractivity contribution in [2.45, 2.75) is 83.4 Å². The second kappa shape index (κ2) is 11.4. The zero-order valence-electron chi connectivity index (χ0n) is 19.3.